The van der Waals surface area contributed by atoms with Gasteiger partial charge in [-0.3, -0.25) is 4.57 Å². The van der Waals surface area contributed by atoms with E-state index in [1.807, 2.05) is 30.3 Å². The van der Waals surface area contributed by atoms with E-state index < -0.39 is 25.1 Å². The second kappa shape index (κ2) is 12.5. The molecule has 4 atom stereocenters. The molecular weight excluding hydrogens is 558 g/mol. The van der Waals surface area contributed by atoms with E-state index >= 15 is 4.57 Å². The van der Waals surface area contributed by atoms with Gasteiger partial charge in [-0.15, -0.1) is 23.2 Å². The minimum absolute atomic E-state index is 0.0691. The number of esters is 1. The molecule has 2 aromatic rings. The Morgan fingerprint density at radius 3 is 2.08 bits per heavy atom. The number of fused-ring (bicyclic) bond motifs is 1. The average molecular weight is 598 g/mol. The van der Waals surface area contributed by atoms with Crippen LogP contribution in [0.4, 0.5) is 0 Å². The molecule has 1 aromatic carbocycles. The van der Waals surface area contributed by atoms with Crippen molar-refractivity contribution in [2.45, 2.75) is 96.1 Å². The molecule has 214 valence electrons. The van der Waals surface area contributed by atoms with Crippen LogP contribution in [0.15, 0.2) is 58.1 Å². The average Bonchev–Trinajstić information content (AvgIpc) is 3.59. The van der Waals surface area contributed by atoms with Crippen molar-refractivity contribution in [2.24, 2.45) is 4.99 Å². The number of ether oxygens (including phenoxy) is 1. The molecule has 2 fully saturated rings. The topological polar surface area (TPSA) is 87.4 Å². The molecule has 1 aromatic heterocycles. The Kier molecular flexibility index (Phi) is 9.68. The van der Waals surface area contributed by atoms with Crippen LogP contribution in [0.5, 0.6) is 0 Å². The van der Waals surface area contributed by atoms with Crippen molar-refractivity contribution in [3.05, 3.63) is 60.1 Å². The summed E-state index contributed by atoms with van der Waals surface area (Å²) in [5, 5.41) is 3.77. The number of hydrogen-bond donors (Lipinski definition) is 1. The first-order valence-corrected chi connectivity index (χ1v) is 16.2. The van der Waals surface area contributed by atoms with E-state index in [1.54, 1.807) is 19.1 Å². The van der Waals surface area contributed by atoms with Crippen LogP contribution in [0.25, 0.3) is 0 Å². The van der Waals surface area contributed by atoms with Crippen molar-refractivity contribution >= 4 is 42.7 Å². The second-order valence-electron chi connectivity index (χ2n) is 10.9. The number of aliphatic imine (C=N–C) groups is 1. The van der Waals surface area contributed by atoms with E-state index in [2.05, 4.69) is 42.1 Å². The van der Waals surface area contributed by atoms with Crippen LogP contribution in [0, 0.1) is 0 Å². The number of alkyl halides is 2. The van der Waals surface area contributed by atoms with Crippen molar-refractivity contribution in [3.8, 4) is 0 Å². The van der Waals surface area contributed by atoms with Crippen LogP contribution < -0.4 is 5.09 Å². The van der Waals surface area contributed by atoms with E-state index in [-0.39, 0.29) is 35.4 Å². The van der Waals surface area contributed by atoms with Gasteiger partial charge >= 0.3 is 5.97 Å². The second-order valence-corrected chi connectivity index (χ2v) is 14.0. The van der Waals surface area contributed by atoms with Crippen molar-refractivity contribution in [3.63, 3.8) is 0 Å². The molecule has 8 nitrogen and oxygen atoms in total. The normalized spacial score (nSPS) is 27.6. The number of furan rings is 1. The molecule has 0 unspecified atom stereocenters. The zero-order chi connectivity index (χ0) is 28.4. The standard InChI is InChI=1S/C27H37N4O4P.CH2Cl2/c1-18(2)30-21-14-9-10-15-22(21)31(19(3)4)36(30,33)29-24(20-12-7-6-8-13-20)27(5)26(32)35-25(28-27)23-16-11-17-34-23;2-1-3/h6-8,11-13,16-19,21-22,24H,9-10,14-15H2,1-5H3,(H,29,33);1H2/t21-,22-,24-,27+;/m1./s1. The lowest BCUT2D eigenvalue weighted by atomic mass is 9.88. The highest BCUT2D eigenvalue weighted by Gasteiger charge is 2.60. The van der Waals surface area contributed by atoms with E-state index in [9.17, 15) is 4.79 Å². The minimum Gasteiger partial charge on any atom is -0.459 e. The van der Waals surface area contributed by atoms with Gasteiger partial charge < -0.3 is 9.15 Å². The van der Waals surface area contributed by atoms with Gasteiger partial charge in [0.2, 0.25) is 0 Å². The van der Waals surface area contributed by atoms with Gasteiger partial charge in [-0.25, -0.2) is 24.2 Å². The lowest BCUT2D eigenvalue weighted by Crippen LogP contribution is -2.47. The number of nitrogens with one attached hydrogen (secondary N) is 1. The first-order chi connectivity index (χ1) is 18.6. The molecule has 11 heteroatoms. The zero-order valence-electron chi connectivity index (χ0n) is 23.2. The van der Waals surface area contributed by atoms with Crippen LogP contribution in [0.2, 0.25) is 0 Å². The number of nitrogens with zero attached hydrogens (tertiary/aromatic N) is 3. The smallest absolute Gasteiger partial charge is 0.342 e. The lowest BCUT2D eigenvalue weighted by molar-refractivity contribution is -0.139. The summed E-state index contributed by atoms with van der Waals surface area (Å²) in [6.45, 7) is 10.2. The number of halogens is 2. The zero-order valence-corrected chi connectivity index (χ0v) is 25.6. The Morgan fingerprint density at radius 1 is 1.03 bits per heavy atom. The summed E-state index contributed by atoms with van der Waals surface area (Å²) in [6.07, 6.45) is 5.84. The fourth-order valence-corrected chi connectivity index (χ4v) is 10.1. The third-order valence-electron chi connectivity index (χ3n) is 7.72. The van der Waals surface area contributed by atoms with Gasteiger partial charge in [0.15, 0.2) is 11.3 Å². The SMILES string of the molecule is CC(C)N1[C@@H]2CCCC[C@H]2N(C(C)C)P1(=O)N[C@H](c1ccccc1)[C@]1(C)N=C(c2ccco2)OC1=O.ClCCl. The molecule has 3 heterocycles. The van der Waals surface area contributed by atoms with Crippen molar-refractivity contribution < 1.29 is 18.5 Å². The maximum atomic E-state index is 15.3. The van der Waals surface area contributed by atoms with Crippen LogP contribution >= 0.6 is 30.8 Å². The number of carbonyl (C=O) groups excluding carboxylic acids is 1. The molecule has 2 aliphatic heterocycles. The molecule has 1 N–H and O–H groups in total. The molecule has 1 saturated heterocycles. The maximum Gasteiger partial charge on any atom is 0.342 e. The Morgan fingerprint density at radius 2 is 1.59 bits per heavy atom. The molecule has 1 aliphatic carbocycles. The predicted molar refractivity (Wildman–Crippen MR) is 156 cm³/mol. The number of cyclic esters (lactones) is 1. The van der Waals surface area contributed by atoms with Crippen molar-refractivity contribution in [1.82, 2.24) is 14.4 Å². The van der Waals surface area contributed by atoms with Gasteiger partial charge in [0, 0.05) is 24.2 Å². The highest BCUT2D eigenvalue weighted by atomic mass is 35.5. The Balaban J connectivity index is 0.00000112. The summed E-state index contributed by atoms with van der Waals surface area (Å²) < 4.78 is 30.8. The summed E-state index contributed by atoms with van der Waals surface area (Å²) in [5.41, 5.74) is -0.501. The van der Waals surface area contributed by atoms with E-state index in [1.165, 1.54) is 6.26 Å². The third-order valence-corrected chi connectivity index (χ3v) is 11.1. The van der Waals surface area contributed by atoms with Crippen LogP contribution in [-0.2, 0) is 14.1 Å². The molecule has 39 heavy (non-hydrogen) atoms. The fourth-order valence-electron chi connectivity index (χ4n) is 6.25. The summed E-state index contributed by atoms with van der Waals surface area (Å²) in [4.78, 5) is 18.2. The molecule has 3 aliphatic rings. The molecule has 1 saturated carbocycles. The molecule has 5 rings (SSSR count). The number of hydrogen-bond acceptors (Lipinski definition) is 5. The van der Waals surface area contributed by atoms with Gasteiger partial charge in [-0.2, -0.15) is 0 Å². The van der Waals surface area contributed by atoms with E-state index in [0.717, 1.165) is 31.2 Å². The summed E-state index contributed by atoms with van der Waals surface area (Å²) in [5.74, 6) is 0.0470. The molecular formula is C28H39Cl2N4O4P. The lowest BCUT2D eigenvalue weighted by Gasteiger charge is -2.41. The van der Waals surface area contributed by atoms with E-state index in [4.69, 9.17) is 37.3 Å². The van der Waals surface area contributed by atoms with Gasteiger partial charge in [0.1, 0.15) is 0 Å². The Labute approximate surface area is 241 Å². The highest BCUT2D eigenvalue weighted by molar-refractivity contribution is 7.57. The van der Waals surface area contributed by atoms with E-state index in [0.29, 0.717) is 5.76 Å². The summed E-state index contributed by atoms with van der Waals surface area (Å²) in [6, 6.07) is 13.0. The van der Waals surface area contributed by atoms with Crippen LogP contribution in [-0.4, -0.2) is 56.3 Å². The maximum absolute atomic E-state index is 15.3. The van der Waals surface area contributed by atoms with Gasteiger partial charge in [0.25, 0.3) is 13.5 Å². The molecule has 0 amide bonds. The van der Waals surface area contributed by atoms with Gasteiger partial charge in [-0.1, -0.05) is 43.2 Å². The number of benzene rings is 1. The molecule has 0 bridgehead atoms. The first kappa shape index (κ1) is 30.3. The molecule has 0 spiro atoms. The Bertz CT molecular complexity index is 1170. The summed E-state index contributed by atoms with van der Waals surface area (Å²) >= 11 is 9.53. The largest absolute Gasteiger partial charge is 0.459 e. The number of carbonyl (C=O) groups is 1. The third kappa shape index (κ3) is 5.74. The molecule has 0 radical (unpaired) electrons. The predicted octanol–water partition coefficient (Wildman–Crippen LogP) is 6.95. The minimum atomic E-state index is -3.31. The summed E-state index contributed by atoms with van der Waals surface area (Å²) in [7, 11) is -3.31. The fraction of sp³-hybridized carbons (Fsp3) is 0.571. The number of rotatable bonds is 7. The van der Waals surface area contributed by atoms with Crippen LogP contribution in [0.3, 0.4) is 0 Å². The van der Waals surface area contributed by atoms with Crippen molar-refractivity contribution in [2.75, 3.05) is 5.34 Å². The monoisotopic (exact) mass is 596 g/mol. The van der Waals surface area contributed by atoms with Crippen molar-refractivity contribution in [1.29, 1.82) is 0 Å². The quantitative estimate of drug-likeness (QED) is 0.210. The first-order valence-electron chi connectivity index (χ1n) is 13.6. The van der Waals surface area contributed by atoms with Gasteiger partial charge in [0.05, 0.1) is 17.6 Å². The van der Waals surface area contributed by atoms with Gasteiger partial charge in [-0.05, 0) is 65.2 Å². The van der Waals surface area contributed by atoms with Crippen LogP contribution in [0.1, 0.15) is 77.7 Å². The highest BCUT2D eigenvalue weighted by Crippen LogP contribution is 2.64. The Hall–Kier alpha value is -1.67.